The molecule has 6 nitrogen and oxygen atoms in total. The van der Waals surface area contributed by atoms with Crippen LogP contribution in [-0.2, 0) is 10.5 Å². The number of rotatable bonds is 7. The zero-order chi connectivity index (χ0) is 15.6. The Bertz CT molecular complexity index is 585. The Morgan fingerprint density at radius 1 is 1.52 bits per heavy atom. The lowest BCUT2D eigenvalue weighted by molar-refractivity contribution is -0.386. The van der Waals surface area contributed by atoms with Crippen molar-refractivity contribution in [3.05, 3.63) is 33.1 Å². The van der Waals surface area contributed by atoms with Crippen molar-refractivity contribution in [1.29, 1.82) is 0 Å². The van der Waals surface area contributed by atoms with Gasteiger partial charge in [-0.25, -0.2) is 0 Å². The summed E-state index contributed by atoms with van der Waals surface area (Å²) < 4.78 is 0. The van der Waals surface area contributed by atoms with Crippen molar-refractivity contribution < 1.29 is 14.8 Å². The van der Waals surface area contributed by atoms with Crippen LogP contribution in [0.4, 0.5) is 5.69 Å². The molecule has 0 aromatic carbocycles. The van der Waals surface area contributed by atoms with Gasteiger partial charge in [0.15, 0.2) is 0 Å². The summed E-state index contributed by atoms with van der Waals surface area (Å²) in [6.07, 6.45) is 3.64. The highest BCUT2D eigenvalue weighted by molar-refractivity contribution is 7.98. The molecule has 1 heterocycles. The van der Waals surface area contributed by atoms with Gasteiger partial charge in [-0.05, 0) is 37.9 Å². The van der Waals surface area contributed by atoms with Gasteiger partial charge >= 0.3 is 5.97 Å². The molecular weight excluding hydrogens is 292 g/mol. The van der Waals surface area contributed by atoms with E-state index < -0.39 is 5.97 Å². The topological polar surface area (TPSA) is 93.3 Å². The number of carboxylic acid groups (broad SMARTS) is 1. The van der Waals surface area contributed by atoms with Crippen LogP contribution in [0.25, 0.3) is 0 Å². The van der Waals surface area contributed by atoms with Crippen LogP contribution in [0.5, 0.6) is 0 Å². The standard InChI is InChI=1S/C14H18N2O4S/c1-9-6-15-11(10(2)13(9)16(19)20)7-21-8-14(3-4-14)5-12(17)18/h6H,3-5,7-8H2,1-2H3,(H,17,18). The number of aromatic nitrogens is 1. The molecule has 0 amide bonds. The largest absolute Gasteiger partial charge is 0.481 e. The van der Waals surface area contributed by atoms with Gasteiger partial charge < -0.3 is 5.11 Å². The lowest BCUT2D eigenvalue weighted by atomic mass is 10.1. The number of pyridine rings is 1. The molecule has 2 rings (SSSR count). The molecule has 0 saturated heterocycles. The number of nitro groups is 1. The first-order valence-electron chi connectivity index (χ1n) is 6.74. The summed E-state index contributed by atoms with van der Waals surface area (Å²) in [5, 5.41) is 19.9. The number of thioether (sulfide) groups is 1. The SMILES string of the molecule is Cc1cnc(CSCC2(CC(=O)O)CC2)c(C)c1[N+](=O)[O-]. The molecule has 1 aliphatic rings. The maximum atomic E-state index is 11.1. The second-order valence-corrected chi connectivity index (χ2v) is 6.67. The molecule has 0 aliphatic heterocycles. The van der Waals surface area contributed by atoms with E-state index in [2.05, 4.69) is 4.98 Å². The minimum absolute atomic E-state index is 0.0684. The monoisotopic (exact) mass is 310 g/mol. The molecule has 1 N–H and O–H groups in total. The number of hydrogen-bond acceptors (Lipinski definition) is 5. The molecule has 0 atom stereocenters. The van der Waals surface area contributed by atoms with Crippen LogP contribution < -0.4 is 0 Å². The van der Waals surface area contributed by atoms with Crippen molar-refractivity contribution >= 4 is 23.4 Å². The maximum Gasteiger partial charge on any atom is 0.303 e. The van der Waals surface area contributed by atoms with E-state index in [9.17, 15) is 14.9 Å². The van der Waals surface area contributed by atoms with Crippen LogP contribution in [-0.4, -0.2) is 26.7 Å². The van der Waals surface area contributed by atoms with Crippen LogP contribution >= 0.6 is 11.8 Å². The first kappa shape index (κ1) is 15.8. The van der Waals surface area contributed by atoms with Gasteiger partial charge in [0.05, 0.1) is 17.0 Å². The van der Waals surface area contributed by atoms with E-state index in [-0.39, 0.29) is 22.4 Å². The maximum absolute atomic E-state index is 11.1. The highest BCUT2D eigenvalue weighted by Crippen LogP contribution is 2.51. The van der Waals surface area contributed by atoms with Crippen LogP contribution in [0, 0.1) is 29.4 Å². The molecular formula is C14H18N2O4S. The molecule has 1 aliphatic carbocycles. The average Bonchev–Trinajstić information content (AvgIpc) is 3.11. The summed E-state index contributed by atoms with van der Waals surface area (Å²) >= 11 is 1.61. The molecule has 1 aromatic heterocycles. The van der Waals surface area contributed by atoms with Crippen LogP contribution in [0.15, 0.2) is 6.20 Å². The predicted molar refractivity (Wildman–Crippen MR) is 80.4 cm³/mol. The zero-order valence-corrected chi connectivity index (χ0v) is 12.9. The summed E-state index contributed by atoms with van der Waals surface area (Å²) in [4.78, 5) is 25.8. The van der Waals surface area contributed by atoms with E-state index in [1.807, 2.05) is 0 Å². The van der Waals surface area contributed by atoms with Crippen LogP contribution in [0.3, 0.4) is 0 Å². The second-order valence-electron chi connectivity index (χ2n) is 5.68. The zero-order valence-electron chi connectivity index (χ0n) is 12.1. The van der Waals surface area contributed by atoms with Gasteiger partial charge in [-0.2, -0.15) is 11.8 Å². The smallest absolute Gasteiger partial charge is 0.303 e. The molecule has 114 valence electrons. The fourth-order valence-corrected chi connectivity index (χ4v) is 3.84. The van der Waals surface area contributed by atoms with Gasteiger partial charge in [-0.3, -0.25) is 19.9 Å². The van der Waals surface area contributed by atoms with E-state index >= 15 is 0 Å². The van der Waals surface area contributed by atoms with Gasteiger partial charge in [0.2, 0.25) is 0 Å². The van der Waals surface area contributed by atoms with Gasteiger partial charge in [-0.1, -0.05) is 0 Å². The second kappa shape index (κ2) is 6.01. The normalized spacial score (nSPS) is 15.7. The van der Waals surface area contributed by atoms with E-state index in [1.165, 1.54) is 6.20 Å². The Kier molecular flexibility index (Phi) is 4.51. The van der Waals surface area contributed by atoms with E-state index in [4.69, 9.17) is 5.11 Å². The van der Waals surface area contributed by atoms with Crippen LogP contribution in [0.1, 0.15) is 36.1 Å². The molecule has 7 heteroatoms. The summed E-state index contributed by atoms with van der Waals surface area (Å²) in [5.74, 6) is 0.588. The first-order valence-corrected chi connectivity index (χ1v) is 7.89. The Hall–Kier alpha value is -1.63. The fourth-order valence-electron chi connectivity index (χ4n) is 2.43. The predicted octanol–water partition coefficient (Wildman–Crippen LogP) is 3.09. The van der Waals surface area contributed by atoms with Crippen molar-refractivity contribution in [3.8, 4) is 0 Å². The number of carboxylic acids is 1. The van der Waals surface area contributed by atoms with Crippen molar-refractivity contribution in [3.63, 3.8) is 0 Å². The van der Waals surface area contributed by atoms with E-state index in [0.29, 0.717) is 22.6 Å². The highest BCUT2D eigenvalue weighted by atomic mass is 32.2. The summed E-state index contributed by atoms with van der Waals surface area (Å²) in [6.45, 7) is 3.40. The van der Waals surface area contributed by atoms with Gasteiger partial charge in [0, 0.05) is 23.1 Å². The average molecular weight is 310 g/mol. The first-order chi connectivity index (χ1) is 9.84. The number of hydrogen-bond donors (Lipinski definition) is 1. The van der Waals surface area contributed by atoms with Gasteiger partial charge in [0.1, 0.15) is 0 Å². The molecule has 1 aromatic rings. The molecule has 21 heavy (non-hydrogen) atoms. The van der Waals surface area contributed by atoms with Gasteiger partial charge in [-0.15, -0.1) is 0 Å². The molecule has 0 bridgehead atoms. The van der Waals surface area contributed by atoms with Crippen molar-refractivity contribution in [1.82, 2.24) is 4.98 Å². The number of aryl methyl sites for hydroxylation is 1. The quantitative estimate of drug-likeness (QED) is 0.614. The van der Waals surface area contributed by atoms with Crippen LogP contribution in [0.2, 0.25) is 0 Å². The Morgan fingerprint density at radius 2 is 2.19 bits per heavy atom. The lowest BCUT2D eigenvalue weighted by Gasteiger charge is -2.12. The third kappa shape index (κ3) is 3.72. The Morgan fingerprint density at radius 3 is 2.71 bits per heavy atom. The lowest BCUT2D eigenvalue weighted by Crippen LogP contribution is -2.11. The minimum atomic E-state index is -0.756. The Labute approximate surface area is 127 Å². The van der Waals surface area contributed by atoms with Gasteiger partial charge in [0.25, 0.3) is 5.69 Å². The minimum Gasteiger partial charge on any atom is -0.481 e. The van der Waals surface area contributed by atoms with Crippen molar-refractivity contribution in [2.24, 2.45) is 5.41 Å². The van der Waals surface area contributed by atoms with E-state index in [1.54, 1.807) is 25.6 Å². The molecule has 0 spiro atoms. The number of aliphatic carboxylic acids is 1. The van der Waals surface area contributed by atoms with Crippen molar-refractivity contribution in [2.75, 3.05) is 5.75 Å². The summed E-state index contributed by atoms with van der Waals surface area (Å²) in [7, 11) is 0. The Balaban J connectivity index is 2.00. The fraction of sp³-hybridized carbons (Fsp3) is 0.571. The third-order valence-electron chi connectivity index (χ3n) is 3.89. The number of nitrogens with zero attached hydrogens (tertiary/aromatic N) is 2. The molecule has 1 fully saturated rings. The molecule has 0 radical (unpaired) electrons. The molecule has 0 unspecified atom stereocenters. The van der Waals surface area contributed by atoms with E-state index in [0.717, 1.165) is 18.6 Å². The summed E-state index contributed by atoms with van der Waals surface area (Å²) in [5.41, 5.74) is 1.95. The highest BCUT2D eigenvalue weighted by Gasteiger charge is 2.44. The molecule has 1 saturated carbocycles. The number of carbonyl (C=O) groups is 1. The summed E-state index contributed by atoms with van der Waals surface area (Å²) in [6, 6.07) is 0. The van der Waals surface area contributed by atoms with Crippen molar-refractivity contribution in [2.45, 2.75) is 38.9 Å². The third-order valence-corrected chi connectivity index (χ3v) is 5.18.